The van der Waals surface area contributed by atoms with Gasteiger partial charge in [-0.1, -0.05) is 17.7 Å². The Kier molecular flexibility index (Phi) is 4.78. The van der Waals surface area contributed by atoms with Crippen molar-refractivity contribution in [1.29, 1.82) is 0 Å². The van der Waals surface area contributed by atoms with Crippen LogP contribution in [-0.4, -0.2) is 36.3 Å². The smallest absolute Gasteiger partial charge is 0.198 e. The van der Waals surface area contributed by atoms with Crippen molar-refractivity contribution in [3.05, 3.63) is 63.4 Å². The molecule has 3 heterocycles. The number of hydrogen-bond donors (Lipinski definition) is 4. The highest BCUT2D eigenvalue weighted by molar-refractivity contribution is 6.30. The van der Waals surface area contributed by atoms with E-state index < -0.39 is 0 Å². The van der Waals surface area contributed by atoms with Crippen LogP contribution in [0.25, 0.3) is 11.7 Å². The van der Waals surface area contributed by atoms with Crippen LogP contribution in [0.4, 0.5) is 11.5 Å². The fourth-order valence-electron chi connectivity index (χ4n) is 3.36. The summed E-state index contributed by atoms with van der Waals surface area (Å²) in [5, 5.41) is 28.7. The Morgan fingerprint density at radius 1 is 1.29 bits per heavy atom. The van der Waals surface area contributed by atoms with Crippen LogP contribution >= 0.6 is 11.6 Å². The van der Waals surface area contributed by atoms with Gasteiger partial charge in [0.2, 0.25) is 0 Å². The number of aryl methyl sites for hydroxylation is 1. The minimum absolute atomic E-state index is 0.118. The molecule has 5 rings (SSSR count). The molecule has 0 atom stereocenters. The van der Waals surface area contributed by atoms with Gasteiger partial charge in [0.05, 0.1) is 6.20 Å². The molecule has 1 aliphatic rings. The van der Waals surface area contributed by atoms with Gasteiger partial charge in [0, 0.05) is 40.2 Å². The molecule has 3 aromatic heterocycles. The molecular weight excluding hydrogens is 416 g/mol. The lowest BCUT2D eigenvalue weighted by Crippen LogP contribution is -2.20. The lowest BCUT2D eigenvalue weighted by Gasteiger charge is -2.10. The van der Waals surface area contributed by atoms with Gasteiger partial charge < -0.3 is 15.5 Å². The molecule has 1 aliphatic carbocycles. The summed E-state index contributed by atoms with van der Waals surface area (Å²) in [6.45, 7) is 2.74. The molecule has 4 N–H and O–H groups in total. The highest BCUT2D eigenvalue weighted by atomic mass is 35.5. The molecular formula is C22H21ClN6O2. The largest absolute Gasteiger partial charge is 0.494 e. The summed E-state index contributed by atoms with van der Waals surface area (Å²) in [4.78, 5) is 12.0. The van der Waals surface area contributed by atoms with Gasteiger partial charge >= 0.3 is 0 Å². The van der Waals surface area contributed by atoms with Crippen LogP contribution in [0.1, 0.15) is 24.0 Å². The molecule has 0 unspecified atom stereocenters. The van der Waals surface area contributed by atoms with Crippen molar-refractivity contribution in [3.63, 3.8) is 0 Å². The number of fused-ring (bicyclic) bond motifs is 1. The van der Waals surface area contributed by atoms with E-state index in [0.717, 1.165) is 17.8 Å². The molecule has 0 bridgehead atoms. The number of nitrogens with zero attached hydrogens (tertiary/aromatic N) is 4. The second-order valence-electron chi connectivity index (χ2n) is 7.81. The first-order valence-corrected chi connectivity index (χ1v) is 10.4. The first-order chi connectivity index (χ1) is 15.0. The lowest BCUT2D eigenvalue weighted by molar-refractivity contribution is 0.425. The van der Waals surface area contributed by atoms with E-state index in [9.17, 15) is 10.2 Å². The number of rotatable bonds is 5. The number of benzene rings is 1. The van der Waals surface area contributed by atoms with Gasteiger partial charge in [-0.05, 0) is 49.5 Å². The minimum Gasteiger partial charge on any atom is -0.494 e. The number of halogens is 1. The van der Waals surface area contributed by atoms with E-state index in [1.165, 1.54) is 18.9 Å². The maximum Gasteiger partial charge on any atom is 0.198 e. The molecule has 8 nitrogen and oxygen atoms in total. The molecule has 0 radical (unpaired) electrons. The monoisotopic (exact) mass is 436 g/mol. The summed E-state index contributed by atoms with van der Waals surface area (Å²) in [6, 6.07) is 8.95. The van der Waals surface area contributed by atoms with Crippen LogP contribution in [0.3, 0.4) is 0 Å². The van der Waals surface area contributed by atoms with Crippen molar-refractivity contribution in [3.8, 4) is 11.8 Å². The van der Waals surface area contributed by atoms with Gasteiger partial charge in [-0.2, -0.15) is 9.61 Å². The summed E-state index contributed by atoms with van der Waals surface area (Å²) in [7, 11) is 0. The van der Waals surface area contributed by atoms with Crippen LogP contribution in [0, 0.1) is 12.8 Å². The van der Waals surface area contributed by atoms with Crippen molar-refractivity contribution in [2.45, 2.75) is 19.8 Å². The average Bonchev–Trinajstić information content (AvgIpc) is 3.40. The summed E-state index contributed by atoms with van der Waals surface area (Å²) in [6.07, 6.45) is 5.79. The standard InChI is InChI=1S/C22H21ClN6O2/c1-12-2-5-16(23)8-17(12)26-18-9-19(24-10-13-3-4-13)29-21(27-18)15(11-25-29)6-14-7-20(30)28-22(14)31/h2,5-9,11,13,26,28,30-31H,3-4,10H2,1H3. The predicted molar refractivity (Wildman–Crippen MR) is 119 cm³/mol. The van der Waals surface area contributed by atoms with Crippen molar-refractivity contribution in [1.82, 2.24) is 19.6 Å². The first-order valence-electron chi connectivity index (χ1n) is 10.0. The van der Waals surface area contributed by atoms with Crippen LogP contribution in [0.15, 0.2) is 41.5 Å². The molecule has 31 heavy (non-hydrogen) atoms. The normalized spacial score (nSPS) is 15.2. The predicted octanol–water partition coefficient (Wildman–Crippen LogP) is 3.03. The first kappa shape index (κ1) is 19.4. The molecule has 158 valence electrons. The van der Waals surface area contributed by atoms with Crippen molar-refractivity contribution in [2.75, 3.05) is 11.9 Å². The van der Waals surface area contributed by atoms with Gasteiger partial charge in [-0.25, -0.2) is 4.98 Å². The summed E-state index contributed by atoms with van der Waals surface area (Å²) in [5.41, 5.74) is 3.61. The van der Waals surface area contributed by atoms with Crippen molar-refractivity contribution < 1.29 is 10.2 Å². The molecule has 1 aromatic carbocycles. The SMILES string of the molecule is Cc1ccc(Cl)cc1Nc1cc(=NCC2CC2)n2ncc(=Cc3cc(O)[nH]c3O)c2n1. The van der Waals surface area contributed by atoms with E-state index in [-0.39, 0.29) is 11.8 Å². The summed E-state index contributed by atoms with van der Waals surface area (Å²) < 4.78 is 1.69. The van der Waals surface area contributed by atoms with Crippen LogP contribution in [-0.2, 0) is 0 Å². The minimum atomic E-state index is -0.126. The van der Waals surface area contributed by atoms with Crippen LogP contribution in [0.2, 0.25) is 5.02 Å². The molecule has 4 aromatic rings. The number of nitrogens with one attached hydrogen (secondary N) is 2. The Balaban J connectivity index is 1.66. The summed E-state index contributed by atoms with van der Waals surface area (Å²) in [5.74, 6) is 1.01. The van der Waals surface area contributed by atoms with E-state index in [4.69, 9.17) is 21.6 Å². The maximum absolute atomic E-state index is 9.98. The van der Waals surface area contributed by atoms with E-state index in [1.807, 2.05) is 31.2 Å². The van der Waals surface area contributed by atoms with Gasteiger partial charge in [-0.3, -0.25) is 9.98 Å². The third kappa shape index (κ3) is 4.06. The third-order valence-corrected chi connectivity index (χ3v) is 5.51. The van der Waals surface area contributed by atoms with E-state index >= 15 is 0 Å². The van der Waals surface area contributed by atoms with Gasteiger partial charge in [0.15, 0.2) is 22.9 Å². The second kappa shape index (κ2) is 7.63. The van der Waals surface area contributed by atoms with Gasteiger partial charge in [-0.15, -0.1) is 0 Å². The van der Waals surface area contributed by atoms with Gasteiger partial charge in [0.1, 0.15) is 5.82 Å². The number of anilines is 2. The zero-order valence-corrected chi connectivity index (χ0v) is 17.6. The number of aromatic hydroxyl groups is 2. The third-order valence-electron chi connectivity index (χ3n) is 5.27. The number of hydrogen-bond acceptors (Lipinski definition) is 6. The molecule has 1 fully saturated rings. The Hall–Kier alpha value is -3.52. The van der Waals surface area contributed by atoms with E-state index in [2.05, 4.69) is 15.4 Å². The highest BCUT2D eigenvalue weighted by Gasteiger charge is 2.20. The van der Waals surface area contributed by atoms with Crippen LogP contribution in [0.5, 0.6) is 11.8 Å². The molecule has 1 saturated carbocycles. The van der Waals surface area contributed by atoms with Crippen molar-refractivity contribution in [2.24, 2.45) is 10.9 Å². The number of H-pyrrole nitrogens is 1. The fraction of sp³-hybridized carbons (Fsp3) is 0.227. The number of aromatic amines is 1. The second-order valence-corrected chi connectivity index (χ2v) is 8.24. The topological polar surface area (TPSA) is 111 Å². The van der Waals surface area contributed by atoms with Gasteiger partial charge in [0.25, 0.3) is 0 Å². The highest BCUT2D eigenvalue weighted by Crippen LogP contribution is 2.28. The lowest BCUT2D eigenvalue weighted by atomic mass is 10.2. The van der Waals surface area contributed by atoms with E-state index in [1.54, 1.807) is 16.8 Å². The molecule has 0 saturated heterocycles. The Morgan fingerprint density at radius 2 is 2.13 bits per heavy atom. The molecule has 0 aliphatic heterocycles. The fourth-order valence-corrected chi connectivity index (χ4v) is 3.53. The quantitative estimate of drug-likeness (QED) is 0.384. The zero-order chi connectivity index (χ0) is 21.5. The van der Waals surface area contributed by atoms with Crippen molar-refractivity contribution >= 4 is 34.8 Å². The Labute approximate surface area is 182 Å². The average molecular weight is 437 g/mol. The Morgan fingerprint density at radius 3 is 2.87 bits per heavy atom. The Bertz CT molecular complexity index is 1400. The van der Waals surface area contributed by atoms with Crippen LogP contribution < -0.4 is 16.0 Å². The molecule has 0 spiro atoms. The van der Waals surface area contributed by atoms with E-state index in [0.29, 0.717) is 38.7 Å². The zero-order valence-electron chi connectivity index (χ0n) is 16.8. The number of aromatic nitrogens is 4. The summed E-state index contributed by atoms with van der Waals surface area (Å²) >= 11 is 6.17. The molecule has 0 amide bonds. The molecule has 9 heteroatoms. The maximum atomic E-state index is 9.98.